The molecule has 4 aromatic rings. The van der Waals surface area contributed by atoms with Gasteiger partial charge in [-0.05, 0) is 49.6 Å². The van der Waals surface area contributed by atoms with E-state index in [0.717, 1.165) is 12.8 Å². The molecule has 0 bridgehead atoms. The van der Waals surface area contributed by atoms with E-state index in [1.807, 2.05) is 55.5 Å². The summed E-state index contributed by atoms with van der Waals surface area (Å²) in [5.74, 6) is 0.609. The molecule has 0 aliphatic heterocycles. The van der Waals surface area contributed by atoms with Crippen molar-refractivity contribution < 1.29 is 9.53 Å². The summed E-state index contributed by atoms with van der Waals surface area (Å²) in [5.41, 5.74) is 2.23. The van der Waals surface area contributed by atoms with E-state index in [9.17, 15) is 9.59 Å². The lowest BCUT2D eigenvalue weighted by Crippen LogP contribution is -2.34. The maximum Gasteiger partial charge on any atom is 0.266 e. The van der Waals surface area contributed by atoms with Gasteiger partial charge in [-0.3, -0.25) is 14.2 Å². The van der Waals surface area contributed by atoms with Crippen LogP contribution in [0.1, 0.15) is 18.9 Å². The number of thioether (sulfide) groups is 1. The molecule has 174 valence electrons. The van der Waals surface area contributed by atoms with Crippen LogP contribution in [0.25, 0.3) is 16.6 Å². The maximum absolute atomic E-state index is 13.4. The van der Waals surface area contributed by atoms with Gasteiger partial charge in [0.25, 0.3) is 5.56 Å². The number of nitrogens with one attached hydrogen (secondary N) is 1. The normalized spacial score (nSPS) is 11.8. The molecular formula is C27H27N3O3S. The molecule has 6 nitrogen and oxygen atoms in total. The zero-order chi connectivity index (χ0) is 23.9. The van der Waals surface area contributed by atoms with Crippen molar-refractivity contribution in [3.8, 4) is 11.4 Å². The quantitative estimate of drug-likeness (QED) is 0.284. The minimum Gasteiger partial charge on any atom is -0.495 e. The van der Waals surface area contributed by atoms with Crippen LogP contribution in [0.4, 0.5) is 0 Å². The van der Waals surface area contributed by atoms with E-state index in [-0.39, 0.29) is 23.3 Å². The van der Waals surface area contributed by atoms with Crippen molar-refractivity contribution in [3.63, 3.8) is 0 Å². The fraction of sp³-hybridized carbons (Fsp3) is 0.222. The first-order valence-corrected chi connectivity index (χ1v) is 12.2. The molecule has 4 rings (SSSR count). The second-order valence-corrected chi connectivity index (χ2v) is 8.95. The first kappa shape index (κ1) is 23.6. The van der Waals surface area contributed by atoms with Crippen molar-refractivity contribution >= 4 is 28.6 Å². The maximum atomic E-state index is 13.4. The van der Waals surface area contributed by atoms with Gasteiger partial charge in [-0.25, -0.2) is 4.98 Å². The van der Waals surface area contributed by atoms with Crippen LogP contribution < -0.4 is 15.6 Å². The molecule has 0 aliphatic carbocycles. The van der Waals surface area contributed by atoms with E-state index in [4.69, 9.17) is 9.72 Å². The van der Waals surface area contributed by atoms with E-state index in [2.05, 4.69) is 17.4 Å². The Morgan fingerprint density at radius 3 is 2.53 bits per heavy atom. The summed E-state index contributed by atoms with van der Waals surface area (Å²) in [7, 11) is 1.56. The molecule has 34 heavy (non-hydrogen) atoms. The topological polar surface area (TPSA) is 73.2 Å². The number of fused-ring (bicyclic) bond motifs is 1. The predicted octanol–water partition coefficient (Wildman–Crippen LogP) is 4.62. The summed E-state index contributed by atoms with van der Waals surface area (Å²) in [6.07, 6.45) is 1.75. The lowest BCUT2D eigenvalue weighted by atomic mass is 10.1. The molecule has 1 heterocycles. The first-order valence-electron chi connectivity index (χ1n) is 11.2. The Hall–Kier alpha value is -3.58. The Morgan fingerprint density at radius 2 is 1.74 bits per heavy atom. The van der Waals surface area contributed by atoms with Crippen LogP contribution >= 0.6 is 11.8 Å². The van der Waals surface area contributed by atoms with E-state index in [1.54, 1.807) is 25.3 Å². The van der Waals surface area contributed by atoms with Crippen molar-refractivity contribution in [3.05, 3.63) is 94.8 Å². The van der Waals surface area contributed by atoms with Gasteiger partial charge >= 0.3 is 0 Å². The number of methoxy groups -OCH3 is 1. The summed E-state index contributed by atoms with van der Waals surface area (Å²) in [6.45, 7) is 2.00. The average molecular weight is 474 g/mol. The van der Waals surface area contributed by atoms with Crippen LogP contribution in [0.2, 0.25) is 0 Å². The lowest BCUT2D eigenvalue weighted by Gasteiger charge is -2.16. The van der Waals surface area contributed by atoms with Crippen LogP contribution in [0.5, 0.6) is 5.75 Å². The molecule has 1 N–H and O–H groups in total. The lowest BCUT2D eigenvalue weighted by molar-refractivity contribution is -0.119. The summed E-state index contributed by atoms with van der Waals surface area (Å²) in [4.78, 5) is 30.8. The van der Waals surface area contributed by atoms with Crippen LogP contribution in [-0.2, 0) is 11.2 Å². The molecule has 1 amide bonds. The number of hydrogen-bond donors (Lipinski definition) is 1. The average Bonchev–Trinajstić information content (AvgIpc) is 2.87. The van der Waals surface area contributed by atoms with Crippen molar-refractivity contribution in [2.75, 3.05) is 12.9 Å². The third-order valence-electron chi connectivity index (χ3n) is 5.52. The SMILES string of the molecule is COc1ccccc1-n1c(SCC(=O)NC(C)CCc2ccccc2)nc2ccccc2c1=O. The van der Waals surface area contributed by atoms with Gasteiger partial charge < -0.3 is 10.1 Å². The Morgan fingerprint density at radius 1 is 1.03 bits per heavy atom. The zero-order valence-electron chi connectivity index (χ0n) is 19.2. The zero-order valence-corrected chi connectivity index (χ0v) is 20.0. The smallest absolute Gasteiger partial charge is 0.266 e. The van der Waals surface area contributed by atoms with Gasteiger partial charge in [-0.15, -0.1) is 0 Å². The van der Waals surface area contributed by atoms with Gasteiger partial charge in [-0.2, -0.15) is 0 Å². The Kier molecular flexibility index (Phi) is 7.65. The van der Waals surface area contributed by atoms with E-state index < -0.39 is 0 Å². The number of benzene rings is 3. The summed E-state index contributed by atoms with van der Waals surface area (Å²) in [5, 5.41) is 4.01. The van der Waals surface area contributed by atoms with Crippen LogP contribution in [0, 0.1) is 0 Å². The molecule has 0 saturated heterocycles. The van der Waals surface area contributed by atoms with Crippen molar-refractivity contribution in [1.29, 1.82) is 0 Å². The number of para-hydroxylation sites is 3. The second kappa shape index (κ2) is 11.0. The number of ether oxygens (including phenoxy) is 1. The highest BCUT2D eigenvalue weighted by atomic mass is 32.2. The van der Waals surface area contributed by atoms with Crippen molar-refractivity contribution in [2.45, 2.75) is 31.0 Å². The standard InChI is InChI=1S/C27H27N3O3S/c1-19(16-17-20-10-4-3-5-11-20)28-25(31)18-34-27-29-22-13-7-6-12-21(22)26(32)30(27)23-14-8-9-15-24(23)33-2/h3-15,19H,16-18H2,1-2H3,(H,28,31). The summed E-state index contributed by atoms with van der Waals surface area (Å²) >= 11 is 1.24. The molecule has 7 heteroatoms. The number of carbonyl (C=O) groups excluding carboxylic acids is 1. The molecule has 0 fully saturated rings. The number of nitrogens with zero attached hydrogens (tertiary/aromatic N) is 2. The minimum absolute atomic E-state index is 0.0364. The number of rotatable bonds is 9. The highest BCUT2D eigenvalue weighted by molar-refractivity contribution is 7.99. The summed E-state index contributed by atoms with van der Waals surface area (Å²) < 4.78 is 7.01. The van der Waals surface area contributed by atoms with E-state index in [0.29, 0.717) is 27.5 Å². The third kappa shape index (κ3) is 5.48. The monoisotopic (exact) mass is 473 g/mol. The van der Waals surface area contributed by atoms with Gasteiger partial charge in [-0.1, -0.05) is 66.4 Å². The molecule has 0 saturated carbocycles. The van der Waals surface area contributed by atoms with Gasteiger partial charge in [0.05, 0.1) is 29.5 Å². The second-order valence-electron chi connectivity index (χ2n) is 8.01. The number of carbonyl (C=O) groups is 1. The van der Waals surface area contributed by atoms with Gasteiger partial charge in [0, 0.05) is 6.04 Å². The fourth-order valence-corrected chi connectivity index (χ4v) is 4.60. The molecule has 0 spiro atoms. The number of hydrogen-bond acceptors (Lipinski definition) is 5. The van der Waals surface area contributed by atoms with Crippen LogP contribution in [0.15, 0.2) is 88.8 Å². The van der Waals surface area contributed by atoms with Crippen LogP contribution in [-0.4, -0.2) is 34.4 Å². The molecule has 0 aliphatic rings. The Bertz CT molecular complexity index is 1340. The third-order valence-corrected chi connectivity index (χ3v) is 6.46. The predicted molar refractivity (Wildman–Crippen MR) is 137 cm³/mol. The highest BCUT2D eigenvalue weighted by Gasteiger charge is 2.17. The Balaban J connectivity index is 1.53. The molecule has 1 unspecified atom stereocenters. The van der Waals surface area contributed by atoms with Crippen molar-refractivity contribution in [1.82, 2.24) is 14.9 Å². The van der Waals surface area contributed by atoms with Crippen LogP contribution in [0.3, 0.4) is 0 Å². The highest BCUT2D eigenvalue weighted by Crippen LogP contribution is 2.27. The number of aromatic nitrogens is 2. The number of aryl methyl sites for hydroxylation is 1. The van der Waals surface area contributed by atoms with Gasteiger partial charge in [0.2, 0.25) is 5.91 Å². The summed E-state index contributed by atoms with van der Waals surface area (Å²) in [6, 6.07) is 24.8. The Labute approximate surface area is 203 Å². The van der Waals surface area contributed by atoms with Gasteiger partial charge in [0.1, 0.15) is 5.75 Å². The van der Waals surface area contributed by atoms with Gasteiger partial charge in [0.15, 0.2) is 5.16 Å². The largest absolute Gasteiger partial charge is 0.495 e. The minimum atomic E-state index is -0.200. The molecule has 3 aromatic carbocycles. The molecule has 1 aromatic heterocycles. The van der Waals surface area contributed by atoms with E-state index in [1.165, 1.54) is 21.9 Å². The fourth-order valence-electron chi connectivity index (χ4n) is 3.78. The first-order chi connectivity index (χ1) is 16.6. The molecule has 1 atom stereocenters. The van der Waals surface area contributed by atoms with E-state index >= 15 is 0 Å². The molecule has 0 radical (unpaired) electrons. The number of amides is 1. The molecular weight excluding hydrogens is 446 g/mol. The van der Waals surface area contributed by atoms with Crippen molar-refractivity contribution in [2.24, 2.45) is 0 Å².